The summed E-state index contributed by atoms with van der Waals surface area (Å²) in [6, 6.07) is 9.42. The van der Waals surface area contributed by atoms with Crippen LogP contribution in [0.3, 0.4) is 0 Å². The van der Waals surface area contributed by atoms with Crippen molar-refractivity contribution in [3.63, 3.8) is 0 Å². The topological polar surface area (TPSA) is 42.2 Å². The summed E-state index contributed by atoms with van der Waals surface area (Å²) in [5.41, 5.74) is 0.733. The van der Waals surface area contributed by atoms with Crippen molar-refractivity contribution in [1.29, 1.82) is 0 Å². The van der Waals surface area contributed by atoms with Crippen LogP contribution in [-0.2, 0) is 0 Å². The van der Waals surface area contributed by atoms with Crippen molar-refractivity contribution >= 4 is 28.5 Å². The van der Waals surface area contributed by atoms with Crippen molar-refractivity contribution in [1.82, 2.24) is 5.32 Å². The van der Waals surface area contributed by atoms with Gasteiger partial charge < -0.3 is 9.73 Å². The first-order valence-electron chi connectivity index (χ1n) is 6.17. The molecule has 0 spiro atoms. The van der Waals surface area contributed by atoms with E-state index in [1.165, 1.54) is 0 Å². The number of benzene rings is 1. The lowest BCUT2D eigenvalue weighted by atomic mass is 10.2. The molecule has 0 radical (unpaired) electrons. The number of nitrogens with one attached hydrogen (secondary N) is 1. The average Bonchev–Trinajstić information content (AvgIpc) is 2.96. The van der Waals surface area contributed by atoms with E-state index in [-0.39, 0.29) is 17.3 Å². The van der Waals surface area contributed by atoms with E-state index in [9.17, 15) is 4.79 Å². The Hall–Kier alpha value is -1.48. The number of hydrogen-bond donors (Lipinski definition) is 1. The fourth-order valence-corrected chi connectivity index (χ4v) is 2.75. The fourth-order valence-electron chi connectivity index (χ4n) is 2.41. The number of rotatable bonds is 2. The molecule has 2 unspecified atom stereocenters. The Morgan fingerprint density at radius 1 is 1.33 bits per heavy atom. The number of para-hydroxylation sites is 1. The molecule has 1 saturated carbocycles. The van der Waals surface area contributed by atoms with Gasteiger partial charge in [0.1, 0.15) is 5.58 Å². The molecule has 2 aromatic rings. The maximum atomic E-state index is 12.1. The molecule has 4 heteroatoms. The number of carbonyl (C=O) groups is 1. The maximum Gasteiger partial charge on any atom is 0.287 e. The predicted molar refractivity (Wildman–Crippen MR) is 71.0 cm³/mol. The summed E-state index contributed by atoms with van der Waals surface area (Å²) in [5, 5.41) is 3.92. The lowest BCUT2D eigenvalue weighted by Gasteiger charge is -2.14. The molecule has 1 fully saturated rings. The molecule has 1 N–H and O–H groups in total. The van der Waals surface area contributed by atoms with E-state index in [1.54, 1.807) is 6.07 Å². The Kier molecular flexibility index (Phi) is 3.00. The van der Waals surface area contributed by atoms with Gasteiger partial charge in [-0.25, -0.2) is 0 Å². The first kappa shape index (κ1) is 11.6. The zero-order chi connectivity index (χ0) is 12.5. The molecule has 1 aliphatic carbocycles. The van der Waals surface area contributed by atoms with E-state index in [0.717, 1.165) is 30.2 Å². The number of hydrogen-bond acceptors (Lipinski definition) is 2. The third-order valence-electron chi connectivity index (χ3n) is 3.40. The van der Waals surface area contributed by atoms with Crippen molar-refractivity contribution in [2.45, 2.75) is 30.7 Å². The molecule has 1 aliphatic rings. The first-order valence-corrected chi connectivity index (χ1v) is 6.61. The third-order valence-corrected chi connectivity index (χ3v) is 3.92. The third kappa shape index (κ3) is 2.10. The van der Waals surface area contributed by atoms with Gasteiger partial charge in [-0.05, 0) is 31.4 Å². The first-order chi connectivity index (χ1) is 8.74. The number of carbonyl (C=O) groups excluding carboxylic acids is 1. The van der Waals surface area contributed by atoms with Gasteiger partial charge in [0, 0.05) is 11.4 Å². The lowest BCUT2D eigenvalue weighted by molar-refractivity contribution is 0.0912. The number of amides is 1. The summed E-state index contributed by atoms with van der Waals surface area (Å²) in [4.78, 5) is 12.1. The van der Waals surface area contributed by atoms with Gasteiger partial charge in [-0.1, -0.05) is 18.2 Å². The van der Waals surface area contributed by atoms with Crippen molar-refractivity contribution in [2.24, 2.45) is 0 Å². The van der Waals surface area contributed by atoms with Crippen LogP contribution in [0.25, 0.3) is 11.0 Å². The van der Waals surface area contributed by atoms with Gasteiger partial charge in [-0.2, -0.15) is 0 Å². The van der Waals surface area contributed by atoms with Gasteiger partial charge in [0.25, 0.3) is 5.91 Å². The molecular weight excluding hydrogens is 250 g/mol. The SMILES string of the molecule is O=C(NC1CCCC1Cl)c1cc2ccccc2o1. The van der Waals surface area contributed by atoms with Gasteiger partial charge in [0.15, 0.2) is 5.76 Å². The summed E-state index contributed by atoms with van der Waals surface area (Å²) < 4.78 is 5.52. The Balaban J connectivity index is 1.79. The van der Waals surface area contributed by atoms with E-state index in [0.29, 0.717) is 5.76 Å². The predicted octanol–water partition coefficient (Wildman–Crippen LogP) is 3.32. The normalized spacial score (nSPS) is 23.4. The molecule has 18 heavy (non-hydrogen) atoms. The maximum absolute atomic E-state index is 12.1. The van der Waals surface area contributed by atoms with Crippen molar-refractivity contribution in [3.05, 3.63) is 36.1 Å². The second-order valence-electron chi connectivity index (χ2n) is 4.68. The van der Waals surface area contributed by atoms with Crippen LogP contribution >= 0.6 is 11.6 Å². The molecule has 94 valence electrons. The number of furan rings is 1. The molecule has 1 heterocycles. The van der Waals surface area contributed by atoms with E-state index >= 15 is 0 Å². The Labute approximate surface area is 110 Å². The zero-order valence-corrected chi connectivity index (χ0v) is 10.6. The standard InChI is InChI=1S/C14H14ClNO2/c15-10-5-3-6-11(10)16-14(17)13-8-9-4-1-2-7-12(9)18-13/h1-2,4,7-8,10-11H,3,5-6H2,(H,16,17). The number of halogens is 1. The van der Waals surface area contributed by atoms with E-state index in [4.69, 9.17) is 16.0 Å². The highest BCUT2D eigenvalue weighted by atomic mass is 35.5. The van der Waals surface area contributed by atoms with Crippen LogP contribution in [0.15, 0.2) is 34.7 Å². The zero-order valence-electron chi connectivity index (χ0n) is 9.86. The molecule has 3 nitrogen and oxygen atoms in total. The lowest BCUT2D eigenvalue weighted by Crippen LogP contribution is -2.37. The van der Waals surface area contributed by atoms with Gasteiger partial charge in [-0.3, -0.25) is 4.79 Å². The molecule has 1 amide bonds. The van der Waals surface area contributed by atoms with Crippen LogP contribution in [-0.4, -0.2) is 17.3 Å². The molecule has 0 aliphatic heterocycles. The second kappa shape index (κ2) is 4.65. The van der Waals surface area contributed by atoms with E-state index < -0.39 is 0 Å². The highest BCUT2D eigenvalue weighted by Crippen LogP contribution is 2.25. The Bertz CT molecular complexity index is 545. The average molecular weight is 264 g/mol. The number of fused-ring (bicyclic) bond motifs is 1. The summed E-state index contributed by atoms with van der Waals surface area (Å²) in [6.45, 7) is 0. The van der Waals surface area contributed by atoms with Crippen LogP contribution in [0.2, 0.25) is 0 Å². The summed E-state index contributed by atoms with van der Waals surface area (Å²) in [5.74, 6) is 0.177. The van der Waals surface area contributed by atoms with Crippen LogP contribution in [0, 0.1) is 0 Å². The summed E-state index contributed by atoms with van der Waals surface area (Å²) in [7, 11) is 0. The molecule has 1 aromatic carbocycles. The minimum absolute atomic E-state index is 0.0401. The Morgan fingerprint density at radius 3 is 2.89 bits per heavy atom. The minimum atomic E-state index is -0.177. The quantitative estimate of drug-likeness (QED) is 0.845. The fraction of sp³-hybridized carbons (Fsp3) is 0.357. The second-order valence-corrected chi connectivity index (χ2v) is 5.24. The molecule has 0 bridgehead atoms. The van der Waals surface area contributed by atoms with Crippen molar-refractivity contribution < 1.29 is 9.21 Å². The summed E-state index contributed by atoms with van der Waals surface area (Å²) in [6.07, 6.45) is 2.98. The number of alkyl halides is 1. The van der Waals surface area contributed by atoms with E-state index in [2.05, 4.69) is 5.32 Å². The highest BCUT2D eigenvalue weighted by molar-refractivity contribution is 6.21. The minimum Gasteiger partial charge on any atom is -0.451 e. The monoisotopic (exact) mass is 263 g/mol. The van der Waals surface area contributed by atoms with Gasteiger partial charge in [0.05, 0.1) is 5.38 Å². The van der Waals surface area contributed by atoms with Crippen LogP contribution < -0.4 is 5.32 Å². The van der Waals surface area contributed by atoms with Crippen LogP contribution in [0.4, 0.5) is 0 Å². The largest absolute Gasteiger partial charge is 0.451 e. The van der Waals surface area contributed by atoms with Crippen LogP contribution in [0.1, 0.15) is 29.8 Å². The van der Waals surface area contributed by atoms with Gasteiger partial charge >= 0.3 is 0 Å². The molecule has 1 aromatic heterocycles. The molecule has 2 atom stereocenters. The highest BCUT2D eigenvalue weighted by Gasteiger charge is 2.27. The molecular formula is C14H14ClNO2. The van der Waals surface area contributed by atoms with Crippen LogP contribution in [0.5, 0.6) is 0 Å². The summed E-state index contributed by atoms with van der Waals surface area (Å²) >= 11 is 6.14. The smallest absolute Gasteiger partial charge is 0.287 e. The Morgan fingerprint density at radius 2 is 2.17 bits per heavy atom. The van der Waals surface area contributed by atoms with E-state index in [1.807, 2.05) is 24.3 Å². The van der Waals surface area contributed by atoms with Gasteiger partial charge in [0.2, 0.25) is 0 Å². The van der Waals surface area contributed by atoms with Crippen molar-refractivity contribution in [2.75, 3.05) is 0 Å². The van der Waals surface area contributed by atoms with Crippen molar-refractivity contribution in [3.8, 4) is 0 Å². The van der Waals surface area contributed by atoms with Gasteiger partial charge in [-0.15, -0.1) is 11.6 Å². The molecule has 0 saturated heterocycles. The molecule has 3 rings (SSSR count).